The van der Waals surface area contributed by atoms with E-state index in [0.29, 0.717) is 11.3 Å². The first kappa shape index (κ1) is 13.1. The van der Waals surface area contributed by atoms with E-state index in [1.165, 1.54) is 16.7 Å². The van der Waals surface area contributed by atoms with Gasteiger partial charge in [0, 0.05) is 6.20 Å². The second-order valence-corrected chi connectivity index (χ2v) is 4.69. The fourth-order valence-electron chi connectivity index (χ4n) is 2.13. The maximum atomic E-state index is 12.5. The number of carbonyl (C=O) groups excluding carboxylic acids is 1. The highest BCUT2D eigenvalue weighted by Gasteiger charge is 2.15. The van der Waals surface area contributed by atoms with Crippen LogP contribution in [-0.4, -0.2) is 15.3 Å². The molecule has 0 atom stereocenters. The molecule has 6 heteroatoms. The number of nitrogens with one attached hydrogen (secondary N) is 1. The lowest BCUT2D eigenvalue weighted by Gasteiger charge is -2.09. The lowest BCUT2D eigenvalue weighted by molar-refractivity contribution is 0.0996. The van der Waals surface area contributed by atoms with Gasteiger partial charge in [0.2, 0.25) is 0 Å². The number of pyridine rings is 1. The predicted octanol–water partition coefficient (Wildman–Crippen LogP) is 2.16. The Morgan fingerprint density at radius 2 is 2.10 bits per heavy atom. The topological polar surface area (TPSA) is 76.6 Å². The van der Waals surface area contributed by atoms with E-state index in [1.807, 2.05) is 13.0 Å². The lowest BCUT2D eigenvalue weighted by atomic mass is 10.2. The second kappa shape index (κ2) is 4.90. The van der Waals surface area contributed by atoms with Gasteiger partial charge in [-0.05, 0) is 37.6 Å². The van der Waals surface area contributed by atoms with E-state index in [9.17, 15) is 9.59 Å². The number of furan rings is 1. The van der Waals surface area contributed by atoms with E-state index < -0.39 is 5.91 Å². The number of anilines is 1. The highest BCUT2D eigenvalue weighted by Crippen LogP contribution is 2.13. The second-order valence-electron chi connectivity index (χ2n) is 4.69. The molecule has 0 saturated carbocycles. The molecule has 3 rings (SSSR count). The van der Waals surface area contributed by atoms with Gasteiger partial charge in [-0.1, -0.05) is 6.07 Å². The van der Waals surface area contributed by atoms with Crippen LogP contribution in [0.1, 0.15) is 21.8 Å². The molecule has 0 radical (unpaired) electrons. The minimum atomic E-state index is -0.477. The molecule has 0 bridgehead atoms. The summed E-state index contributed by atoms with van der Waals surface area (Å²) in [6.07, 6.45) is 3.02. The van der Waals surface area contributed by atoms with Crippen LogP contribution in [0.25, 0.3) is 5.65 Å². The fourth-order valence-corrected chi connectivity index (χ4v) is 2.13. The van der Waals surface area contributed by atoms with Crippen molar-refractivity contribution in [2.24, 2.45) is 0 Å². The zero-order chi connectivity index (χ0) is 15.0. The molecule has 0 fully saturated rings. The van der Waals surface area contributed by atoms with Gasteiger partial charge < -0.3 is 9.73 Å². The molecule has 0 unspecified atom stereocenters. The number of fused-ring (bicyclic) bond motifs is 1. The fraction of sp³-hybridized carbons (Fsp3) is 0.133. The highest BCUT2D eigenvalue weighted by atomic mass is 16.3. The molecule has 0 aliphatic carbocycles. The molecule has 106 valence electrons. The Bertz CT molecular complexity index is 879. The third-order valence-corrected chi connectivity index (χ3v) is 3.21. The number of nitrogens with zero attached hydrogens (tertiary/aromatic N) is 2. The van der Waals surface area contributed by atoms with E-state index >= 15 is 0 Å². The monoisotopic (exact) mass is 283 g/mol. The van der Waals surface area contributed by atoms with Crippen LogP contribution in [0.15, 0.2) is 45.9 Å². The quantitative estimate of drug-likeness (QED) is 0.781. The van der Waals surface area contributed by atoms with E-state index in [0.717, 1.165) is 5.56 Å². The van der Waals surface area contributed by atoms with Gasteiger partial charge in [0.05, 0.1) is 12.0 Å². The van der Waals surface area contributed by atoms with Crippen molar-refractivity contribution in [3.63, 3.8) is 0 Å². The lowest BCUT2D eigenvalue weighted by Crippen LogP contribution is -2.25. The molecule has 3 aromatic heterocycles. The molecule has 0 spiro atoms. The zero-order valence-corrected chi connectivity index (χ0v) is 11.6. The Labute approximate surface area is 120 Å². The van der Waals surface area contributed by atoms with Crippen molar-refractivity contribution in [1.82, 2.24) is 9.38 Å². The molecule has 3 aromatic rings. The summed E-state index contributed by atoms with van der Waals surface area (Å²) in [5.74, 6) is -0.335. The van der Waals surface area contributed by atoms with Crippen LogP contribution in [0.4, 0.5) is 5.69 Å². The standard InChI is InChI=1S/C15H13N3O3/c1-9-5-3-7-18-13(9)16-10(2)12(15(18)20)17-14(19)11-6-4-8-21-11/h3-8H,1-2H3,(H,17,19). The summed E-state index contributed by atoms with van der Waals surface area (Å²) in [6.45, 7) is 3.56. The molecular weight excluding hydrogens is 270 g/mol. The molecule has 0 saturated heterocycles. The molecule has 1 N–H and O–H groups in total. The molecular formula is C15H13N3O3. The van der Waals surface area contributed by atoms with Crippen molar-refractivity contribution in [2.45, 2.75) is 13.8 Å². The van der Waals surface area contributed by atoms with Crippen LogP contribution in [0, 0.1) is 13.8 Å². The average Bonchev–Trinajstić information content (AvgIpc) is 2.99. The molecule has 0 aromatic carbocycles. The third kappa shape index (κ3) is 2.20. The Hall–Kier alpha value is -2.89. The van der Waals surface area contributed by atoms with Gasteiger partial charge in [0.15, 0.2) is 5.76 Å². The first-order valence-corrected chi connectivity index (χ1v) is 6.41. The van der Waals surface area contributed by atoms with Crippen molar-refractivity contribution in [2.75, 3.05) is 5.32 Å². The van der Waals surface area contributed by atoms with Crippen LogP contribution >= 0.6 is 0 Å². The van der Waals surface area contributed by atoms with Gasteiger partial charge in [-0.25, -0.2) is 4.98 Å². The van der Waals surface area contributed by atoms with E-state index in [1.54, 1.807) is 25.3 Å². The number of rotatable bonds is 2. The first-order chi connectivity index (χ1) is 10.1. The van der Waals surface area contributed by atoms with Gasteiger partial charge in [0.25, 0.3) is 11.5 Å². The molecule has 21 heavy (non-hydrogen) atoms. The van der Waals surface area contributed by atoms with Crippen molar-refractivity contribution in [3.8, 4) is 0 Å². The Morgan fingerprint density at radius 3 is 2.81 bits per heavy atom. The maximum Gasteiger partial charge on any atom is 0.291 e. The Morgan fingerprint density at radius 1 is 1.29 bits per heavy atom. The van der Waals surface area contributed by atoms with Crippen molar-refractivity contribution in [1.29, 1.82) is 0 Å². The Balaban J connectivity index is 2.11. The number of aromatic nitrogens is 2. The smallest absolute Gasteiger partial charge is 0.291 e. The normalized spacial score (nSPS) is 10.8. The predicted molar refractivity (Wildman–Crippen MR) is 77.6 cm³/mol. The van der Waals surface area contributed by atoms with Crippen molar-refractivity contribution in [3.05, 3.63) is 64.1 Å². The van der Waals surface area contributed by atoms with E-state index in [2.05, 4.69) is 10.3 Å². The molecule has 6 nitrogen and oxygen atoms in total. The largest absolute Gasteiger partial charge is 0.459 e. The number of hydrogen-bond donors (Lipinski definition) is 1. The molecule has 0 aliphatic heterocycles. The summed E-state index contributed by atoms with van der Waals surface area (Å²) in [4.78, 5) is 28.9. The van der Waals surface area contributed by atoms with E-state index in [-0.39, 0.29) is 17.0 Å². The third-order valence-electron chi connectivity index (χ3n) is 3.21. The van der Waals surface area contributed by atoms with Gasteiger partial charge >= 0.3 is 0 Å². The maximum absolute atomic E-state index is 12.5. The highest BCUT2D eigenvalue weighted by molar-refractivity contribution is 6.02. The van der Waals surface area contributed by atoms with Gasteiger partial charge in [0.1, 0.15) is 11.3 Å². The Kier molecular flexibility index (Phi) is 3.06. The molecule has 3 heterocycles. The first-order valence-electron chi connectivity index (χ1n) is 6.41. The van der Waals surface area contributed by atoms with Gasteiger partial charge in [-0.2, -0.15) is 0 Å². The summed E-state index contributed by atoms with van der Waals surface area (Å²) < 4.78 is 6.43. The number of carbonyl (C=O) groups is 1. The van der Waals surface area contributed by atoms with Crippen LogP contribution in [0.2, 0.25) is 0 Å². The van der Waals surface area contributed by atoms with Crippen LogP contribution < -0.4 is 10.9 Å². The number of hydrogen-bond acceptors (Lipinski definition) is 4. The van der Waals surface area contributed by atoms with Gasteiger partial charge in [-0.3, -0.25) is 14.0 Å². The SMILES string of the molecule is Cc1nc2c(C)cccn2c(=O)c1NC(=O)c1ccco1. The minimum Gasteiger partial charge on any atom is -0.459 e. The zero-order valence-electron chi connectivity index (χ0n) is 11.6. The molecule has 0 aliphatic rings. The van der Waals surface area contributed by atoms with Crippen LogP contribution in [0.5, 0.6) is 0 Å². The minimum absolute atomic E-state index is 0.142. The van der Waals surface area contributed by atoms with Crippen LogP contribution in [-0.2, 0) is 0 Å². The van der Waals surface area contributed by atoms with Crippen molar-refractivity contribution < 1.29 is 9.21 Å². The molecule has 1 amide bonds. The van der Waals surface area contributed by atoms with E-state index in [4.69, 9.17) is 4.42 Å². The van der Waals surface area contributed by atoms with Crippen molar-refractivity contribution >= 4 is 17.2 Å². The number of amides is 1. The summed E-state index contributed by atoms with van der Waals surface area (Å²) in [5, 5.41) is 2.56. The average molecular weight is 283 g/mol. The van der Waals surface area contributed by atoms with Gasteiger partial charge in [-0.15, -0.1) is 0 Å². The summed E-state index contributed by atoms with van der Waals surface area (Å²) in [6, 6.07) is 6.78. The summed E-state index contributed by atoms with van der Waals surface area (Å²) in [5.41, 5.74) is 1.77. The summed E-state index contributed by atoms with van der Waals surface area (Å²) in [7, 11) is 0. The number of aryl methyl sites for hydroxylation is 2. The van der Waals surface area contributed by atoms with Crippen LogP contribution in [0.3, 0.4) is 0 Å². The summed E-state index contributed by atoms with van der Waals surface area (Å²) >= 11 is 0.